The van der Waals surface area contributed by atoms with Crippen LogP contribution < -0.4 is 10.6 Å². The third-order valence-electron chi connectivity index (χ3n) is 2.35. The third kappa shape index (κ3) is 3.38. The first-order chi connectivity index (χ1) is 7.56. The van der Waals surface area contributed by atoms with Crippen LogP contribution in [0.15, 0.2) is 12.7 Å². The number of aliphatic carboxylic acids is 1. The predicted octanol–water partition coefficient (Wildman–Crippen LogP) is -0.874. The van der Waals surface area contributed by atoms with Crippen molar-refractivity contribution >= 4 is 17.8 Å². The van der Waals surface area contributed by atoms with Gasteiger partial charge in [-0.05, 0) is 12.5 Å². The van der Waals surface area contributed by atoms with Gasteiger partial charge < -0.3 is 15.7 Å². The quantitative estimate of drug-likeness (QED) is 0.405. The normalized spacial score (nSPS) is 22.0. The van der Waals surface area contributed by atoms with Crippen molar-refractivity contribution in [1.82, 2.24) is 10.6 Å². The molecule has 6 heteroatoms. The molecular weight excluding hydrogens is 212 g/mol. The van der Waals surface area contributed by atoms with Gasteiger partial charge in [0.15, 0.2) is 0 Å². The summed E-state index contributed by atoms with van der Waals surface area (Å²) in [5, 5.41) is 13.7. The maximum Gasteiger partial charge on any atom is 0.307 e. The molecule has 3 N–H and O–H groups in total. The fraction of sp³-hybridized carbons (Fsp3) is 0.500. The van der Waals surface area contributed by atoms with Crippen molar-refractivity contribution < 1.29 is 19.5 Å². The van der Waals surface area contributed by atoms with E-state index in [2.05, 4.69) is 17.2 Å². The zero-order chi connectivity index (χ0) is 12.1. The topological polar surface area (TPSA) is 95.5 Å². The molecule has 0 aromatic heterocycles. The summed E-state index contributed by atoms with van der Waals surface area (Å²) < 4.78 is 0. The molecule has 0 aromatic rings. The molecule has 0 heterocycles. The van der Waals surface area contributed by atoms with Crippen LogP contribution in [0.2, 0.25) is 0 Å². The summed E-state index contributed by atoms with van der Waals surface area (Å²) in [5.41, 5.74) is 0. The van der Waals surface area contributed by atoms with E-state index in [4.69, 9.17) is 5.11 Å². The molecule has 0 radical (unpaired) electrons. The van der Waals surface area contributed by atoms with Crippen molar-refractivity contribution in [2.24, 2.45) is 11.8 Å². The van der Waals surface area contributed by atoms with Gasteiger partial charge in [-0.1, -0.05) is 6.58 Å². The number of carbonyl (C=O) groups is 3. The molecule has 16 heavy (non-hydrogen) atoms. The average Bonchev–Trinajstić information content (AvgIpc) is 3.03. The molecule has 1 aliphatic rings. The highest BCUT2D eigenvalue weighted by molar-refractivity contribution is 5.89. The van der Waals surface area contributed by atoms with E-state index in [-0.39, 0.29) is 11.8 Å². The van der Waals surface area contributed by atoms with Crippen LogP contribution in [-0.4, -0.2) is 36.0 Å². The van der Waals surface area contributed by atoms with E-state index in [1.807, 2.05) is 0 Å². The van der Waals surface area contributed by atoms with Crippen LogP contribution in [0.1, 0.15) is 6.42 Å². The fourth-order valence-corrected chi connectivity index (χ4v) is 1.33. The molecule has 1 fully saturated rings. The monoisotopic (exact) mass is 226 g/mol. The van der Waals surface area contributed by atoms with Crippen molar-refractivity contribution in [2.75, 3.05) is 13.1 Å². The van der Waals surface area contributed by atoms with Crippen LogP contribution in [0, 0.1) is 11.8 Å². The number of amides is 2. The van der Waals surface area contributed by atoms with E-state index < -0.39 is 17.8 Å². The van der Waals surface area contributed by atoms with Gasteiger partial charge in [0.05, 0.1) is 11.8 Å². The van der Waals surface area contributed by atoms with Gasteiger partial charge in [0.1, 0.15) is 0 Å². The Kier molecular flexibility index (Phi) is 4.04. The second-order valence-electron chi connectivity index (χ2n) is 3.57. The van der Waals surface area contributed by atoms with Crippen LogP contribution in [0.25, 0.3) is 0 Å². The number of rotatable bonds is 6. The van der Waals surface area contributed by atoms with Crippen LogP contribution in [0.5, 0.6) is 0 Å². The van der Waals surface area contributed by atoms with E-state index in [0.717, 1.165) is 6.08 Å². The standard InChI is InChI=1S/C10H14N2O4/c1-2-8(13)11-3-4-12-9(14)6-5-7(6)10(15)16/h2,6-7H,1,3-5H2,(H,11,13)(H,12,14)(H,15,16)/t6-,7+/m0/s1. The molecule has 88 valence electrons. The van der Waals surface area contributed by atoms with Crippen molar-refractivity contribution in [3.05, 3.63) is 12.7 Å². The zero-order valence-electron chi connectivity index (χ0n) is 8.73. The van der Waals surface area contributed by atoms with Gasteiger partial charge >= 0.3 is 5.97 Å². The molecule has 0 aliphatic heterocycles. The summed E-state index contributed by atoms with van der Waals surface area (Å²) in [6, 6.07) is 0. The first-order valence-corrected chi connectivity index (χ1v) is 4.97. The van der Waals surface area contributed by atoms with Gasteiger partial charge in [-0.2, -0.15) is 0 Å². The Bertz CT molecular complexity index is 327. The van der Waals surface area contributed by atoms with E-state index in [9.17, 15) is 14.4 Å². The lowest BCUT2D eigenvalue weighted by atomic mass is 10.3. The molecule has 0 saturated heterocycles. The largest absolute Gasteiger partial charge is 0.481 e. The summed E-state index contributed by atoms with van der Waals surface area (Å²) in [4.78, 5) is 32.5. The number of carboxylic acid groups (broad SMARTS) is 1. The van der Waals surface area contributed by atoms with Crippen molar-refractivity contribution in [1.29, 1.82) is 0 Å². The van der Waals surface area contributed by atoms with Gasteiger partial charge in [0, 0.05) is 13.1 Å². The Morgan fingerprint density at radius 3 is 2.38 bits per heavy atom. The molecular formula is C10H14N2O4. The summed E-state index contributed by atoms with van der Waals surface area (Å²) in [6.45, 7) is 3.88. The Labute approximate surface area is 92.7 Å². The van der Waals surface area contributed by atoms with Gasteiger partial charge in [0.2, 0.25) is 11.8 Å². The van der Waals surface area contributed by atoms with Crippen LogP contribution in [0.3, 0.4) is 0 Å². The van der Waals surface area contributed by atoms with Crippen molar-refractivity contribution in [3.63, 3.8) is 0 Å². The number of carbonyl (C=O) groups excluding carboxylic acids is 2. The zero-order valence-corrected chi connectivity index (χ0v) is 8.73. The first kappa shape index (κ1) is 12.2. The van der Waals surface area contributed by atoms with E-state index >= 15 is 0 Å². The summed E-state index contributed by atoms with van der Waals surface area (Å²) >= 11 is 0. The summed E-state index contributed by atoms with van der Waals surface area (Å²) in [6.07, 6.45) is 1.54. The molecule has 1 saturated carbocycles. The highest BCUT2D eigenvalue weighted by atomic mass is 16.4. The van der Waals surface area contributed by atoms with E-state index in [1.165, 1.54) is 0 Å². The van der Waals surface area contributed by atoms with Crippen LogP contribution in [-0.2, 0) is 14.4 Å². The minimum Gasteiger partial charge on any atom is -0.481 e. The van der Waals surface area contributed by atoms with Crippen LogP contribution in [0.4, 0.5) is 0 Å². The average molecular weight is 226 g/mol. The molecule has 0 spiro atoms. The minimum absolute atomic E-state index is 0.264. The van der Waals surface area contributed by atoms with E-state index in [0.29, 0.717) is 19.5 Å². The highest BCUT2D eigenvalue weighted by Crippen LogP contribution is 2.38. The fourth-order valence-electron chi connectivity index (χ4n) is 1.33. The molecule has 0 bridgehead atoms. The summed E-state index contributed by atoms with van der Waals surface area (Å²) in [7, 11) is 0. The SMILES string of the molecule is C=CC(=O)NCCNC(=O)[C@H]1C[C@H]1C(=O)O. The smallest absolute Gasteiger partial charge is 0.307 e. The maximum atomic E-state index is 11.3. The third-order valence-corrected chi connectivity index (χ3v) is 2.35. The van der Waals surface area contributed by atoms with E-state index in [1.54, 1.807) is 0 Å². The second-order valence-corrected chi connectivity index (χ2v) is 3.57. The Morgan fingerprint density at radius 1 is 1.25 bits per heavy atom. The molecule has 6 nitrogen and oxygen atoms in total. The Balaban J connectivity index is 2.10. The first-order valence-electron chi connectivity index (χ1n) is 4.97. The lowest BCUT2D eigenvalue weighted by Gasteiger charge is -2.04. The van der Waals surface area contributed by atoms with Crippen molar-refractivity contribution in [2.45, 2.75) is 6.42 Å². The number of hydrogen-bond donors (Lipinski definition) is 3. The van der Waals surface area contributed by atoms with Gasteiger partial charge in [-0.25, -0.2) is 0 Å². The van der Waals surface area contributed by atoms with Crippen molar-refractivity contribution in [3.8, 4) is 0 Å². The number of nitrogens with one attached hydrogen (secondary N) is 2. The second kappa shape index (κ2) is 5.29. The minimum atomic E-state index is -0.930. The lowest BCUT2D eigenvalue weighted by molar-refractivity contribution is -0.140. The molecule has 0 aromatic carbocycles. The number of hydrogen-bond acceptors (Lipinski definition) is 3. The molecule has 1 rings (SSSR count). The van der Waals surface area contributed by atoms with Gasteiger partial charge in [0.25, 0.3) is 0 Å². The van der Waals surface area contributed by atoms with Gasteiger partial charge in [-0.15, -0.1) is 0 Å². The Hall–Kier alpha value is -1.85. The Morgan fingerprint density at radius 2 is 1.88 bits per heavy atom. The maximum absolute atomic E-state index is 11.3. The highest BCUT2D eigenvalue weighted by Gasteiger charge is 2.48. The van der Waals surface area contributed by atoms with Gasteiger partial charge in [-0.3, -0.25) is 14.4 Å². The summed E-state index contributed by atoms with van der Waals surface area (Å²) in [5.74, 6) is -2.44. The van der Waals surface area contributed by atoms with Crippen LogP contribution >= 0.6 is 0 Å². The molecule has 1 aliphatic carbocycles. The molecule has 0 unspecified atom stereocenters. The lowest BCUT2D eigenvalue weighted by Crippen LogP contribution is -2.35. The predicted molar refractivity (Wildman–Crippen MR) is 55.4 cm³/mol. The number of carboxylic acids is 1. The molecule has 2 amide bonds. The molecule has 2 atom stereocenters.